The van der Waals surface area contributed by atoms with Crippen LogP contribution in [0.5, 0.6) is 5.75 Å². The van der Waals surface area contributed by atoms with Gasteiger partial charge in [0.05, 0.1) is 5.52 Å². The molecule has 4 aromatic rings. The summed E-state index contributed by atoms with van der Waals surface area (Å²) < 4.78 is 9.00. The largest absolute Gasteiger partial charge is 0.508 e. The first-order chi connectivity index (χ1) is 14.6. The highest BCUT2D eigenvalue weighted by Gasteiger charge is 2.23. The number of hydrogen-bond donors (Lipinski definition) is 2. The fraction of sp³-hybridized carbons (Fsp3) is 0.304. The number of phenolic OH excluding ortho intramolecular Hbond substituents is 1. The highest BCUT2D eigenvalue weighted by molar-refractivity contribution is 14.1. The quantitative estimate of drug-likeness (QED) is 0.345. The lowest BCUT2D eigenvalue weighted by Crippen LogP contribution is -2.19. The molecule has 0 spiro atoms. The summed E-state index contributed by atoms with van der Waals surface area (Å²) >= 11 is 2.20. The predicted molar refractivity (Wildman–Crippen MR) is 125 cm³/mol. The molecule has 0 bridgehead atoms. The van der Waals surface area contributed by atoms with Crippen LogP contribution in [0.25, 0.3) is 33.5 Å². The van der Waals surface area contributed by atoms with Crippen molar-refractivity contribution in [3.8, 4) is 28.4 Å². The molecule has 2 aromatic carbocycles. The van der Waals surface area contributed by atoms with Crippen molar-refractivity contribution in [2.75, 3.05) is 6.61 Å². The molecule has 0 saturated carbocycles. The first-order valence-corrected chi connectivity index (χ1v) is 11.4. The zero-order valence-corrected chi connectivity index (χ0v) is 18.9. The van der Waals surface area contributed by atoms with E-state index in [2.05, 4.69) is 57.7 Å². The number of phenols is 1. The molecule has 1 unspecified atom stereocenters. The van der Waals surface area contributed by atoms with Gasteiger partial charge < -0.3 is 14.8 Å². The Morgan fingerprint density at radius 2 is 2.13 bits per heavy atom. The molecule has 1 aliphatic heterocycles. The van der Waals surface area contributed by atoms with Crippen molar-refractivity contribution in [2.45, 2.75) is 38.8 Å². The Labute approximate surface area is 188 Å². The molecule has 7 heteroatoms. The predicted octanol–water partition coefficient (Wildman–Crippen LogP) is 5.67. The number of fused-ring (bicyclic) bond motifs is 1. The normalized spacial score (nSPS) is 16.9. The van der Waals surface area contributed by atoms with Gasteiger partial charge in [0.2, 0.25) is 0 Å². The van der Waals surface area contributed by atoms with Crippen LogP contribution in [-0.2, 0) is 11.2 Å². The molecule has 0 amide bonds. The number of halogens is 1. The molecule has 2 N–H and O–H groups in total. The van der Waals surface area contributed by atoms with Gasteiger partial charge in [0, 0.05) is 18.2 Å². The summed E-state index contributed by atoms with van der Waals surface area (Å²) in [5.41, 5.74) is 5.24. The number of imidazole rings is 1. The number of aromatic nitrogens is 4. The fourth-order valence-corrected chi connectivity index (χ4v) is 4.59. The standard InChI is InChI=1S/C23H23IN4O2/c1-2-14-11-16(29)7-9-17(14)15-6-8-18-19(12-15)28(21-5-3-4-10-30-21)27-22(18)23-25-13-20(24)26-23/h6-9,11-13,21,29H,2-5,10H2,1H3,(H,25,26). The highest BCUT2D eigenvalue weighted by atomic mass is 127. The van der Waals surface area contributed by atoms with Gasteiger partial charge in [-0.3, -0.25) is 0 Å². The minimum Gasteiger partial charge on any atom is -0.508 e. The molecular formula is C23H23IN4O2. The lowest BCUT2D eigenvalue weighted by Gasteiger charge is -2.23. The van der Waals surface area contributed by atoms with Crippen LogP contribution in [0.2, 0.25) is 0 Å². The van der Waals surface area contributed by atoms with Gasteiger partial charge in [-0.25, -0.2) is 9.67 Å². The van der Waals surface area contributed by atoms with Gasteiger partial charge in [0.15, 0.2) is 12.1 Å². The van der Waals surface area contributed by atoms with E-state index in [1.54, 1.807) is 6.07 Å². The molecule has 1 aliphatic rings. The van der Waals surface area contributed by atoms with Crippen molar-refractivity contribution in [3.05, 3.63) is 51.9 Å². The topological polar surface area (TPSA) is 76.0 Å². The van der Waals surface area contributed by atoms with Crippen LogP contribution in [0.1, 0.15) is 38.0 Å². The van der Waals surface area contributed by atoms with E-state index in [0.29, 0.717) is 5.75 Å². The van der Waals surface area contributed by atoms with Crippen molar-refractivity contribution in [3.63, 3.8) is 0 Å². The van der Waals surface area contributed by atoms with Crippen molar-refractivity contribution in [1.29, 1.82) is 0 Å². The fourth-order valence-electron chi connectivity index (χ4n) is 4.19. The number of aromatic hydroxyl groups is 1. The molecule has 1 atom stereocenters. The second kappa shape index (κ2) is 8.03. The highest BCUT2D eigenvalue weighted by Crippen LogP contribution is 2.36. The summed E-state index contributed by atoms with van der Waals surface area (Å²) in [7, 11) is 0. The Balaban J connectivity index is 1.70. The van der Waals surface area contributed by atoms with E-state index in [1.165, 1.54) is 0 Å². The zero-order valence-electron chi connectivity index (χ0n) is 16.7. The molecular weight excluding hydrogens is 491 g/mol. The van der Waals surface area contributed by atoms with Crippen molar-refractivity contribution >= 4 is 33.5 Å². The summed E-state index contributed by atoms with van der Waals surface area (Å²) in [4.78, 5) is 7.83. The first kappa shape index (κ1) is 19.6. The Kier molecular flexibility index (Phi) is 5.24. The van der Waals surface area contributed by atoms with Crippen molar-refractivity contribution in [2.24, 2.45) is 0 Å². The molecule has 5 rings (SSSR count). The molecule has 2 aromatic heterocycles. The second-order valence-electron chi connectivity index (χ2n) is 7.61. The van der Waals surface area contributed by atoms with Crippen molar-refractivity contribution in [1.82, 2.24) is 19.7 Å². The van der Waals surface area contributed by atoms with E-state index >= 15 is 0 Å². The molecule has 30 heavy (non-hydrogen) atoms. The average molecular weight is 514 g/mol. The SMILES string of the molecule is CCc1cc(O)ccc1-c1ccc2c(-c3nc(I)c[nH]3)nn(C3CCCCO3)c2c1. The van der Waals surface area contributed by atoms with E-state index in [4.69, 9.17) is 9.84 Å². The van der Waals surface area contributed by atoms with Crippen LogP contribution < -0.4 is 0 Å². The second-order valence-corrected chi connectivity index (χ2v) is 8.72. The Morgan fingerprint density at radius 3 is 2.87 bits per heavy atom. The number of nitrogens with one attached hydrogen (secondary N) is 1. The van der Waals surface area contributed by atoms with Crippen LogP contribution in [0, 0.1) is 3.70 Å². The van der Waals surface area contributed by atoms with E-state index in [1.807, 2.05) is 23.0 Å². The average Bonchev–Trinajstić information content (AvgIpc) is 3.37. The van der Waals surface area contributed by atoms with Gasteiger partial charge in [-0.1, -0.05) is 19.1 Å². The molecule has 6 nitrogen and oxygen atoms in total. The summed E-state index contributed by atoms with van der Waals surface area (Å²) in [6.07, 6.45) is 5.86. The van der Waals surface area contributed by atoms with Gasteiger partial charge in [0.25, 0.3) is 0 Å². The molecule has 154 valence electrons. The lowest BCUT2D eigenvalue weighted by atomic mass is 9.96. The Morgan fingerprint density at radius 1 is 1.23 bits per heavy atom. The minimum atomic E-state index is -0.0650. The zero-order chi connectivity index (χ0) is 20.7. The monoisotopic (exact) mass is 514 g/mol. The number of benzene rings is 2. The summed E-state index contributed by atoms with van der Waals surface area (Å²) in [5.74, 6) is 1.07. The van der Waals surface area contributed by atoms with Gasteiger partial charge in [0.1, 0.15) is 15.1 Å². The minimum absolute atomic E-state index is 0.0650. The lowest BCUT2D eigenvalue weighted by molar-refractivity contribution is -0.0365. The molecule has 1 fully saturated rings. The smallest absolute Gasteiger partial charge is 0.159 e. The van der Waals surface area contributed by atoms with Gasteiger partial charge in [-0.2, -0.15) is 5.10 Å². The van der Waals surface area contributed by atoms with E-state index in [9.17, 15) is 5.11 Å². The summed E-state index contributed by atoms with van der Waals surface area (Å²) in [6, 6.07) is 12.0. The molecule has 0 radical (unpaired) electrons. The number of ether oxygens (including phenoxy) is 1. The van der Waals surface area contributed by atoms with Crippen LogP contribution in [0.3, 0.4) is 0 Å². The maximum absolute atomic E-state index is 9.89. The Hall–Kier alpha value is -2.39. The third kappa shape index (κ3) is 3.50. The van der Waals surface area contributed by atoms with Gasteiger partial charge in [-0.05, 0) is 89.2 Å². The third-order valence-electron chi connectivity index (χ3n) is 5.69. The number of aromatic amines is 1. The number of nitrogens with zero attached hydrogens (tertiary/aromatic N) is 3. The number of rotatable bonds is 4. The van der Waals surface area contributed by atoms with Crippen LogP contribution in [-0.4, -0.2) is 31.5 Å². The van der Waals surface area contributed by atoms with Crippen LogP contribution >= 0.6 is 22.6 Å². The third-order valence-corrected chi connectivity index (χ3v) is 6.24. The van der Waals surface area contributed by atoms with E-state index in [0.717, 1.165) is 75.1 Å². The number of H-pyrrole nitrogens is 1. The Bertz CT molecular complexity index is 1210. The number of hydrogen-bond acceptors (Lipinski definition) is 4. The first-order valence-electron chi connectivity index (χ1n) is 10.3. The van der Waals surface area contributed by atoms with Crippen LogP contribution in [0.4, 0.5) is 0 Å². The maximum atomic E-state index is 9.89. The van der Waals surface area contributed by atoms with E-state index in [-0.39, 0.29) is 6.23 Å². The molecule has 1 saturated heterocycles. The van der Waals surface area contributed by atoms with Crippen molar-refractivity contribution < 1.29 is 9.84 Å². The molecule has 0 aliphatic carbocycles. The number of aryl methyl sites for hydroxylation is 1. The van der Waals surface area contributed by atoms with Gasteiger partial charge >= 0.3 is 0 Å². The van der Waals surface area contributed by atoms with E-state index < -0.39 is 0 Å². The maximum Gasteiger partial charge on any atom is 0.159 e. The van der Waals surface area contributed by atoms with Gasteiger partial charge in [-0.15, -0.1) is 0 Å². The molecule has 3 heterocycles. The van der Waals surface area contributed by atoms with Crippen LogP contribution in [0.15, 0.2) is 42.6 Å². The summed E-state index contributed by atoms with van der Waals surface area (Å²) in [5, 5.41) is 15.9. The summed E-state index contributed by atoms with van der Waals surface area (Å²) in [6.45, 7) is 2.87.